The van der Waals surface area contributed by atoms with Gasteiger partial charge < -0.3 is 14.6 Å². The van der Waals surface area contributed by atoms with Crippen molar-refractivity contribution in [3.05, 3.63) is 70.3 Å². The minimum atomic E-state index is -0.186. The number of carbonyl (C=O) groups is 1. The number of nitrogens with one attached hydrogen (secondary N) is 1. The smallest absolute Gasteiger partial charge is 0.258 e. The van der Waals surface area contributed by atoms with Crippen LogP contribution in [0.2, 0.25) is 0 Å². The summed E-state index contributed by atoms with van der Waals surface area (Å²) in [4.78, 5) is 35.7. The summed E-state index contributed by atoms with van der Waals surface area (Å²) in [7, 11) is 0. The van der Waals surface area contributed by atoms with Crippen molar-refractivity contribution in [1.29, 1.82) is 0 Å². The number of ether oxygens (including phenoxy) is 1. The monoisotopic (exact) mass is 423 g/mol. The Morgan fingerprint density at radius 2 is 2.03 bits per heavy atom. The molecule has 6 nitrogen and oxygen atoms in total. The maximum atomic E-state index is 13.1. The van der Waals surface area contributed by atoms with E-state index in [1.807, 2.05) is 49.4 Å². The Morgan fingerprint density at radius 1 is 1.23 bits per heavy atom. The van der Waals surface area contributed by atoms with Crippen LogP contribution in [-0.2, 0) is 16.1 Å². The van der Waals surface area contributed by atoms with E-state index in [0.29, 0.717) is 29.0 Å². The topological polar surface area (TPSA) is 75.3 Å². The molecule has 1 fully saturated rings. The van der Waals surface area contributed by atoms with Crippen LogP contribution >= 0.6 is 11.8 Å². The third kappa shape index (κ3) is 5.09. The molecule has 1 saturated heterocycles. The number of carbonyl (C=O) groups excluding carboxylic acids is 1. The van der Waals surface area contributed by atoms with Crippen molar-refractivity contribution < 1.29 is 9.53 Å². The first-order valence-corrected chi connectivity index (χ1v) is 11.1. The highest BCUT2D eigenvalue weighted by molar-refractivity contribution is 8.00. The van der Waals surface area contributed by atoms with Crippen LogP contribution in [0.3, 0.4) is 0 Å². The molecule has 1 amide bonds. The Balaban J connectivity index is 1.50. The van der Waals surface area contributed by atoms with Gasteiger partial charge in [-0.2, -0.15) is 0 Å². The molecule has 0 spiro atoms. The number of fused-ring (bicyclic) bond motifs is 1. The summed E-state index contributed by atoms with van der Waals surface area (Å²) in [5.41, 5.74) is 1.64. The molecule has 0 bridgehead atoms. The maximum Gasteiger partial charge on any atom is 0.258 e. The normalized spacial score (nSPS) is 16.1. The third-order valence-corrected chi connectivity index (χ3v) is 6.18. The fraction of sp³-hybridized carbons (Fsp3) is 0.348. The average molecular weight is 424 g/mol. The Labute approximate surface area is 179 Å². The lowest BCUT2D eigenvalue weighted by atomic mass is 10.2. The van der Waals surface area contributed by atoms with Crippen molar-refractivity contribution in [3.8, 4) is 0 Å². The lowest BCUT2D eigenvalue weighted by Crippen LogP contribution is -2.38. The van der Waals surface area contributed by atoms with Gasteiger partial charge in [-0.3, -0.25) is 9.59 Å². The molecule has 30 heavy (non-hydrogen) atoms. The van der Waals surface area contributed by atoms with E-state index >= 15 is 0 Å². The van der Waals surface area contributed by atoms with Crippen LogP contribution in [0.1, 0.15) is 24.2 Å². The summed E-state index contributed by atoms with van der Waals surface area (Å²) in [5.74, 6) is 0.824. The van der Waals surface area contributed by atoms with Gasteiger partial charge in [0.25, 0.3) is 5.56 Å². The van der Waals surface area contributed by atoms with Crippen molar-refractivity contribution in [3.63, 3.8) is 0 Å². The van der Waals surface area contributed by atoms with Crippen molar-refractivity contribution in [2.45, 2.75) is 37.3 Å². The first-order chi connectivity index (χ1) is 14.6. The minimum absolute atomic E-state index is 0.00637. The zero-order chi connectivity index (χ0) is 20.9. The zero-order valence-corrected chi connectivity index (χ0v) is 17.8. The van der Waals surface area contributed by atoms with Gasteiger partial charge >= 0.3 is 0 Å². The molecule has 1 aliphatic heterocycles. The van der Waals surface area contributed by atoms with Crippen LogP contribution < -0.4 is 5.56 Å². The third-order valence-electron chi connectivity index (χ3n) is 5.19. The summed E-state index contributed by atoms with van der Waals surface area (Å²) >= 11 is 1.52. The second-order valence-electron chi connectivity index (χ2n) is 7.54. The number of benzene rings is 2. The molecule has 0 saturated carbocycles. The highest BCUT2D eigenvalue weighted by atomic mass is 32.2. The zero-order valence-electron chi connectivity index (χ0n) is 17.0. The predicted molar refractivity (Wildman–Crippen MR) is 119 cm³/mol. The summed E-state index contributed by atoms with van der Waals surface area (Å²) in [5, 5.41) is 0.549. The molecular formula is C23H25N3O3S. The molecule has 7 heteroatoms. The van der Waals surface area contributed by atoms with E-state index in [1.165, 1.54) is 17.3 Å². The molecule has 1 aromatic heterocycles. The van der Waals surface area contributed by atoms with E-state index in [4.69, 9.17) is 4.74 Å². The Bertz CT molecular complexity index is 1070. The number of thioether (sulfide) groups is 1. The molecule has 0 radical (unpaired) electrons. The van der Waals surface area contributed by atoms with Gasteiger partial charge in [-0.15, -0.1) is 11.8 Å². The van der Waals surface area contributed by atoms with Crippen LogP contribution in [0.4, 0.5) is 0 Å². The number of H-pyrrole nitrogens is 1. The molecule has 1 unspecified atom stereocenters. The Hall–Kier alpha value is -2.64. The summed E-state index contributed by atoms with van der Waals surface area (Å²) in [6.07, 6.45) is 1.98. The van der Waals surface area contributed by atoms with Crippen LogP contribution in [0.5, 0.6) is 0 Å². The highest BCUT2D eigenvalue weighted by Crippen LogP contribution is 2.20. The number of amides is 1. The molecule has 1 N–H and O–H groups in total. The van der Waals surface area contributed by atoms with Crippen molar-refractivity contribution in [2.24, 2.45) is 0 Å². The SMILES string of the molecule is Cc1ccc(SCC(=O)N(Cc2nc3ccccc3c(=O)[nH]2)CC2CCCO2)cc1. The van der Waals surface area contributed by atoms with Crippen molar-refractivity contribution in [1.82, 2.24) is 14.9 Å². The van der Waals surface area contributed by atoms with E-state index in [1.54, 1.807) is 11.0 Å². The number of aromatic nitrogens is 2. The Morgan fingerprint density at radius 3 is 2.80 bits per heavy atom. The van der Waals surface area contributed by atoms with Gasteiger partial charge in [-0.25, -0.2) is 4.98 Å². The van der Waals surface area contributed by atoms with Gasteiger partial charge in [0, 0.05) is 18.0 Å². The maximum absolute atomic E-state index is 13.1. The van der Waals surface area contributed by atoms with Crippen LogP contribution in [0.15, 0.2) is 58.2 Å². The fourth-order valence-corrected chi connectivity index (χ4v) is 4.35. The first kappa shape index (κ1) is 20.6. The summed E-state index contributed by atoms with van der Waals surface area (Å²) in [6, 6.07) is 15.4. The number of aryl methyl sites for hydroxylation is 1. The van der Waals surface area contributed by atoms with Gasteiger partial charge in [-0.1, -0.05) is 29.8 Å². The first-order valence-electron chi connectivity index (χ1n) is 10.2. The van der Waals surface area contributed by atoms with Crippen LogP contribution in [0, 0.1) is 6.92 Å². The fourth-order valence-electron chi connectivity index (χ4n) is 3.55. The largest absolute Gasteiger partial charge is 0.376 e. The van der Waals surface area contributed by atoms with Crippen LogP contribution in [0.25, 0.3) is 10.9 Å². The Kier molecular flexibility index (Phi) is 6.50. The highest BCUT2D eigenvalue weighted by Gasteiger charge is 2.23. The van der Waals surface area contributed by atoms with E-state index in [-0.39, 0.29) is 24.1 Å². The quantitative estimate of drug-likeness (QED) is 0.589. The standard InChI is InChI=1S/C23H25N3O3S/c1-16-8-10-18(11-9-16)30-15-22(27)26(13-17-5-4-12-29-17)14-21-24-20-7-3-2-6-19(20)23(28)25-21/h2-3,6-11,17H,4-5,12-15H2,1H3,(H,24,25,28). The lowest BCUT2D eigenvalue weighted by molar-refractivity contribution is -0.130. The molecule has 3 aromatic rings. The molecule has 1 aliphatic rings. The summed E-state index contributed by atoms with van der Waals surface area (Å²) in [6.45, 7) is 3.53. The van der Waals surface area contributed by atoms with Gasteiger partial charge in [0.05, 0.1) is 29.3 Å². The van der Waals surface area contributed by atoms with Gasteiger partial charge in [0.15, 0.2) is 0 Å². The second kappa shape index (κ2) is 9.45. The minimum Gasteiger partial charge on any atom is -0.376 e. The number of para-hydroxylation sites is 1. The summed E-state index contributed by atoms with van der Waals surface area (Å²) < 4.78 is 5.75. The van der Waals surface area contributed by atoms with Crippen LogP contribution in [-0.4, -0.2) is 45.8 Å². The second-order valence-corrected chi connectivity index (χ2v) is 8.59. The number of hydrogen-bond acceptors (Lipinski definition) is 5. The molecule has 2 heterocycles. The van der Waals surface area contributed by atoms with Gasteiger partial charge in [-0.05, 0) is 44.0 Å². The number of hydrogen-bond donors (Lipinski definition) is 1. The lowest BCUT2D eigenvalue weighted by Gasteiger charge is -2.25. The number of rotatable bonds is 7. The molecule has 0 aliphatic carbocycles. The van der Waals surface area contributed by atoms with Gasteiger partial charge in [0.1, 0.15) is 5.82 Å². The van der Waals surface area contributed by atoms with E-state index in [9.17, 15) is 9.59 Å². The van der Waals surface area contributed by atoms with Crippen molar-refractivity contribution in [2.75, 3.05) is 18.9 Å². The van der Waals surface area contributed by atoms with Crippen molar-refractivity contribution >= 4 is 28.6 Å². The van der Waals surface area contributed by atoms with Gasteiger partial charge in [0.2, 0.25) is 5.91 Å². The predicted octanol–water partition coefficient (Wildman–Crippen LogP) is 3.53. The number of nitrogens with zero attached hydrogens (tertiary/aromatic N) is 2. The molecule has 2 aromatic carbocycles. The molecular weight excluding hydrogens is 398 g/mol. The van der Waals surface area contributed by atoms with E-state index < -0.39 is 0 Å². The molecule has 1 atom stereocenters. The average Bonchev–Trinajstić information content (AvgIpc) is 3.26. The molecule has 4 rings (SSSR count). The molecule has 156 valence electrons. The number of aromatic amines is 1. The van der Waals surface area contributed by atoms with E-state index in [0.717, 1.165) is 24.3 Å². The van der Waals surface area contributed by atoms with E-state index in [2.05, 4.69) is 9.97 Å².